The quantitative estimate of drug-likeness (QED) is 0.488. The Kier molecular flexibility index (Phi) is 5.88. The zero-order chi connectivity index (χ0) is 19.4. The highest BCUT2D eigenvalue weighted by atomic mass is 35.5. The van der Waals surface area contributed by atoms with E-state index in [9.17, 15) is 4.79 Å². The van der Waals surface area contributed by atoms with E-state index < -0.39 is 0 Å². The number of fused-ring (bicyclic) bond motifs is 1. The molecule has 2 aromatic heterocycles. The predicted molar refractivity (Wildman–Crippen MR) is 101 cm³/mol. The minimum Gasteiger partial charge on any atom is -0.459 e. The van der Waals surface area contributed by atoms with Crippen LogP contribution in [0, 0.1) is 0 Å². The number of halogens is 1. The summed E-state index contributed by atoms with van der Waals surface area (Å²) in [7, 11) is 0. The molecule has 2 N–H and O–H groups in total. The molecule has 0 aliphatic carbocycles. The van der Waals surface area contributed by atoms with Crippen LogP contribution in [0.5, 0.6) is 0 Å². The van der Waals surface area contributed by atoms with Gasteiger partial charge in [-0.25, -0.2) is 9.78 Å². The fourth-order valence-electron chi connectivity index (χ4n) is 2.63. The van der Waals surface area contributed by atoms with Crippen LogP contribution in [0.25, 0.3) is 11.2 Å². The Hall–Kier alpha value is -2.71. The fraction of sp³-hybridized carbons (Fsp3) is 0.333. The molecule has 0 aliphatic rings. The first kappa shape index (κ1) is 19.1. The molecule has 0 saturated carbocycles. The summed E-state index contributed by atoms with van der Waals surface area (Å²) in [5.41, 5.74) is 7.13. The van der Waals surface area contributed by atoms with Gasteiger partial charge in [-0.1, -0.05) is 36.7 Å². The standard InChI is InChI=1S/C18H20ClN5O3/c1-3-13(24-10-21-14-15(19)22-18(20)23-16(14)24)27-11(2)9-26-17(25)12-7-5-4-6-8-12/h4-8,10-11,13H,3,9H2,1-2H3,(H2,20,22,23)/t11-,13+/m0/s1. The van der Waals surface area contributed by atoms with Gasteiger partial charge < -0.3 is 15.2 Å². The number of benzene rings is 1. The van der Waals surface area contributed by atoms with Gasteiger partial charge in [-0.3, -0.25) is 4.57 Å². The number of esters is 1. The van der Waals surface area contributed by atoms with Crippen molar-refractivity contribution in [2.24, 2.45) is 0 Å². The maximum absolute atomic E-state index is 12.0. The molecule has 0 saturated heterocycles. The number of nitrogens with two attached hydrogens (primary N) is 1. The Labute approximate surface area is 161 Å². The highest BCUT2D eigenvalue weighted by Crippen LogP contribution is 2.25. The molecule has 0 bridgehead atoms. The van der Waals surface area contributed by atoms with Crippen LogP contribution in [0.1, 0.15) is 36.9 Å². The first-order valence-corrected chi connectivity index (χ1v) is 8.90. The van der Waals surface area contributed by atoms with Crippen molar-refractivity contribution in [2.45, 2.75) is 32.6 Å². The van der Waals surface area contributed by atoms with E-state index in [0.29, 0.717) is 23.1 Å². The third-order valence-corrected chi connectivity index (χ3v) is 4.17. The van der Waals surface area contributed by atoms with Gasteiger partial charge in [-0.15, -0.1) is 0 Å². The van der Waals surface area contributed by atoms with Crippen LogP contribution in [-0.2, 0) is 9.47 Å². The molecular formula is C18H20ClN5O3. The summed E-state index contributed by atoms with van der Waals surface area (Å²) in [5.74, 6) is -0.326. The molecular weight excluding hydrogens is 370 g/mol. The summed E-state index contributed by atoms with van der Waals surface area (Å²) < 4.78 is 13.1. The van der Waals surface area contributed by atoms with Gasteiger partial charge in [0.05, 0.1) is 18.0 Å². The summed E-state index contributed by atoms with van der Waals surface area (Å²) in [6.45, 7) is 3.91. The topological polar surface area (TPSA) is 105 Å². The summed E-state index contributed by atoms with van der Waals surface area (Å²) >= 11 is 6.07. The van der Waals surface area contributed by atoms with Crippen LogP contribution in [0.15, 0.2) is 36.7 Å². The normalized spacial score (nSPS) is 13.4. The van der Waals surface area contributed by atoms with Gasteiger partial charge in [-0.05, 0) is 25.5 Å². The summed E-state index contributed by atoms with van der Waals surface area (Å²) in [6, 6.07) is 8.81. The van der Waals surface area contributed by atoms with Crippen molar-refractivity contribution in [3.63, 3.8) is 0 Å². The van der Waals surface area contributed by atoms with Gasteiger partial charge in [0.1, 0.15) is 18.4 Å². The Morgan fingerprint density at radius 2 is 2.04 bits per heavy atom. The van der Waals surface area contributed by atoms with Crippen molar-refractivity contribution in [1.29, 1.82) is 0 Å². The van der Waals surface area contributed by atoms with Gasteiger partial charge in [0.25, 0.3) is 0 Å². The van der Waals surface area contributed by atoms with Crippen LogP contribution in [-0.4, -0.2) is 38.2 Å². The van der Waals surface area contributed by atoms with Crippen molar-refractivity contribution >= 4 is 34.7 Å². The van der Waals surface area contributed by atoms with Crippen LogP contribution >= 0.6 is 11.6 Å². The number of rotatable bonds is 7. The monoisotopic (exact) mass is 389 g/mol. The zero-order valence-corrected chi connectivity index (χ0v) is 15.8. The summed E-state index contributed by atoms with van der Waals surface area (Å²) in [4.78, 5) is 24.4. The maximum Gasteiger partial charge on any atom is 0.338 e. The highest BCUT2D eigenvalue weighted by molar-refractivity contribution is 6.33. The Morgan fingerprint density at radius 3 is 2.74 bits per heavy atom. The lowest BCUT2D eigenvalue weighted by Crippen LogP contribution is -2.24. The first-order valence-electron chi connectivity index (χ1n) is 8.52. The van der Waals surface area contributed by atoms with Crippen LogP contribution < -0.4 is 5.73 Å². The van der Waals surface area contributed by atoms with Crippen LogP contribution in [0.2, 0.25) is 5.15 Å². The molecule has 8 nitrogen and oxygen atoms in total. The number of hydrogen-bond donors (Lipinski definition) is 1. The number of nitrogen functional groups attached to an aromatic ring is 1. The number of anilines is 1. The average Bonchev–Trinajstić information content (AvgIpc) is 3.09. The predicted octanol–water partition coefficient (Wildman–Crippen LogP) is 3.23. The number of carbonyl (C=O) groups is 1. The van der Waals surface area contributed by atoms with Gasteiger partial charge in [0, 0.05) is 0 Å². The third kappa shape index (κ3) is 4.35. The molecule has 0 spiro atoms. The third-order valence-electron chi connectivity index (χ3n) is 3.90. The number of aromatic nitrogens is 4. The Balaban J connectivity index is 1.67. The van der Waals surface area contributed by atoms with Gasteiger partial charge in [-0.2, -0.15) is 9.97 Å². The van der Waals surface area contributed by atoms with E-state index in [2.05, 4.69) is 15.0 Å². The van der Waals surface area contributed by atoms with Crippen LogP contribution in [0.3, 0.4) is 0 Å². The zero-order valence-electron chi connectivity index (χ0n) is 15.0. The van der Waals surface area contributed by atoms with Crippen molar-refractivity contribution in [1.82, 2.24) is 19.5 Å². The Morgan fingerprint density at radius 1 is 1.30 bits per heavy atom. The number of imidazole rings is 1. The van der Waals surface area contributed by atoms with Crippen LogP contribution in [0.4, 0.5) is 5.95 Å². The number of nitrogens with zero attached hydrogens (tertiary/aromatic N) is 4. The van der Waals surface area contributed by atoms with Gasteiger partial charge >= 0.3 is 5.97 Å². The van der Waals surface area contributed by atoms with Crippen molar-refractivity contribution < 1.29 is 14.3 Å². The first-order chi connectivity index (χ1) is 13.0. The molecule has 0 amide bonds. The van der Waals surface area contributed by atoms with E-state index in [0.717, 1.165) is 0 Å². The molecule has 142 valence electrons. The molecule has 9 heteroatoms. The Bertz CT molecular complexity index is 931. The summed E-state index contributed by atoms with van der Waals surface area (Å²) in [6.07, 6.45) is 1.52. The van der Waals surface area contributed by atoms with Crippen molar-refractivity contribution in [2.75, 3.05) is 12.3 Å². The van der Waals surface area contributed by atoms with E-state index in [1.807, 2.05) is 19.9 Å². The summed E-state index contributed by atoms with van der Waals surface area (Å²) in [5, 5.41) is 0.191. The molecule has 2 heterocycles. The maximum atomic E-state index is 12.0. The van der Waals surface area contributed by atoms with Gasteiger partial charge in [0.15, 0.2) is 10.8 Å². The van der Waals surface area contributed by atoms with E-state index >= 15 is 0 Å². The van der Waals surface area contributed by atoms with E-state index in [1.54, 1.807) is 35.2 Å². The second kappa shape index (κ2) is 8.32. The number of ether oxygens (including phenoxy) is 2. The lowest BCUT2D eigenvalue weighted by atomic mass is 10.2. The lowest BCUT2D eigenvalue weighted by Gasteiger charge is -2.22. The van der Waals surface area contributed by atoms with Gasteiger partial charge in [0.2, 0.25) is 5.95 Å². The van der Waals surface area contributed by atoms with Crippen molar-refractivity contribution in [3.05, 3.63) is 47.4 Å². The second-order valence-electron chi connectivity index (χ2n) is 5.97. The minimum absolute atomic E-state index is 0.0638. The van der Waals surface area contributed by atoms with E-state index in [4.69, 9.17) is 26.8 Å². The molecule has 0 aliphatic heterocycles. The lowest BCUT2D eigenvalue weighted by molar-refractivity contribution is -0.0704. The average molecular weight is 390 g/mol. The smallest absolute Gasteiger partial charge is 0.338 e. The number of carbonyl (C=O) groups excluding carboxylic acids is 1. The molecule has 3 rings (SSSR count). The minimum atomic E-state index is -0.389. The number of hydrogen-bond acceptors (Lipinski definition) is 7. The molecule has 0 unspecified atom stereocenters. The van der Waals surface area contributed by atoms with E-state index in [-0.39, 0.29) is 36.0 Å². The molecule has 27 heavy (non-hydrogen) atoms. The molecule has 0 fully saturated rings. The van der Waals surface area contributed by atoms with E-state index in [1.165, 1.54) is 0 Å². The second-order valence-corrected chi connectivity index (χ2v) is 6.33. The molecule has 3 aromatic rings. The SMILES string of the molecule is CC[C@@H](O[C@@H](C)COC(=O)c1ccccc1)n1cnc2c(Cl)nc(N)nc21. The molecule has 1 aromatic carbocycles. The van der Waals surface area contributed by atoms with Crippen molar-refractivity contribution in [3.8, 4) is 0 Å². The fourth-order valence-corrected chi connectivity index (χ4v) is 2.85. The largest absolute Gasteiger partial charge is 0.459 e. The molecule has 0 radical (unpaired) electrons. The highest BCUT2D eigenvalue weighted by Gasteiger charge is 2.20. The molecule has 2 atom stereocenters.